The largest absolute Gasteiger partial charge is 0.339 e. The van der Waals surface area contributed by atoms with Crippen LogP contribution in [0.2, 0.25) is 0 Å². The predicted octanol–water partition coefficient (Wildman–Crippen LogP) is 4.85. The number of thiophene rings is 1. The number of benzene rings is 2. The molecular formula is C23H19N3O2S2. The van der Waals surface area contributed by atoms with Gasteiger partial charge >= 0.3 is 0 Å². The van der Waals surface area contributed by atoms with Crippen molar-refractivity contribution in [2.45, 2.75) is 12.5 Å². The highest BCUT2D eigenvalue weighted by atomic mass is 32.1. The molecular weight excluding hydrogens is 414 g/mol. The highest BCUT2D eigenvalue weighted by Gasteiger charge is 2.22. The first-order chi connectivity index (χ1) is 14.7. The van der Waals surface area contributed by atoms with Gasteiger partial charge in [0, 0.05) is 29.2 Å². The van der Waals surface area contributed by atoms with Gasteiger partial charge in [-0.3, -0.25) is 9.59 Å². The van der Waals surface area contributed by atoms with E-state index in [4.69, 9.17) is 0 Å². The fourth-order valence-corrected chi connectivity index (χ4v) is 4.26. The van der Waals surface area contributed by atoms with Gasteiger partial charge in [-0.15, -0.1) is 22.7 Å². The minimum Gasteiger partial charge on any atom is -0.339 e. The van der Waals surface area contributed by atoms with Crippen LogP contribution in [0.15, 0.2) is 83.7 Å². The Morgan fingerprint density at radius 3 is 2.37 bits per heavy atom. The zero-order valence-electron chi connectivity index (χ0n) is 15.9. The molecule has 0 bridgehead atoms. The van der Waals surface area contributed by atoms with Gasteiger partial charge in [-0.05, 0) is 41.3 Å². The van der Waals surface area contributed by atoms with Gasteiger partial charge in [0.25, 0.3) is 5.91 Å². The van der Waals surface area contributed by atoms with Crippen LogP contribution in [0.5, 0.6) is 0 Å². The monoisotopic (exact) mass is 433 g/mol. The van der Waals surface area contributed by atoms with Crippen LogP contribution in [0.3, 0.4) is 0 Å². The summed E-state index contributed by atoms with van der Waals surface area (Å²) in [5.41, 5.74) is 2.64. The smallest absolute Gasteiger partial charge is 0.262 e. The lowest BCUT2D eigenvalue weighted by Gasteiger charge is -2.18. The summed E-state index contributed by atoms with van der Waals surface area (Å²) in [6, 6.07) is 20.0. The first kappa shape index (κ1) is 20.0. The summed E-state index contributed by atoms with van der Waals surface area (Å²) in [6.07, 6.45) is 2.17. The Labute approximate surface area is 182 Å². The van der Waals surface area contributed by atoms with Crippen molar-refractivity contribution in [2.24, 2.45) is 0 Å². The molecule has 150 valence electrons. The maximum absolute atomic E-state index is 13.0. The fourth-order valence-electron chi connectivity index (χ4n) is 2.99. The first-order valence-electron chi connectivity index (χ1n) is 9.38. The molecule has 4 aromatic rings. The van der Waals surface area contributed by atoms with Crippen molar-refractivity contribution in [1.29, 1.82) is 0 Å². The number of carbonyl (C=O) groups is 2. The van der Waals surface area contributed by atoms with Gasteiger partial charge < -0.3 is 10.6 Å². The van der Waals surface area contributed by atoms with Gasteiger partial charge in [-0.25, -0.2) is 4.98 Å². The lowest BCUT2D eigenvalue weighted by molar-refractivity contribution is -0.118. The van der Waals surface area contributed by atoms with E-state index in [1.807, 2.05) is 71.4 Å². The number of amides is 2. The van der Waals surface area contributed by atoms with Crippen molar-refractivity contribution in [2.75, 3.05) is 5.32 Å². The van der Waals surface area contributed by atoms with Gasteiger partial charge in [-0.2, -0.15) is 0 Å². The quantitative estimate of drug-likeness (QED) is 0.438. The van der Waals surface area contributed by atoms with E-state index in [1.165, 1.54) is 11.3 Å². The number of nitrogens with zero attached hydrogens (tertiary/aromatic N) is 1. The van der Waals surface area contributed by atoms with Gasteiger partial charge in [0.15, 0.2) is 0 Å². The van der Waals surface area contributed by atoms with Crippen molar-refractivity contribution in [1.82, 2.24) is 10.3 Å². The molecule has 0 unspecified atom stereocenters. The van der Waals surface area contributed by atoms with Crippen LogP contribution in [0, 0.1) is 0 Å². The highest BCUT2D eigenvalue weighted by molar-refractivity contribution is 7.13. The van der Waals surface area contributed by atoms with E-state index in [1.54, 1.807) is 23.6 Å². The average Bonchev–Trinajstić information content (AvgIpc) is 3.49. The Morgan fingerprint density at radius 1 is 0.900 bits per heavy atom. The van der Waals surface area contributed by atoms with E-state index in [-0.39, 0.29) is 11.8 Å². The minimum atomic E-state index is -0.694. The number of nitrogens with one attached hydrogen (secondary N) is 2. The molecule has 2 amide bonds. The van der Waals surface area contributed by atoms with Gasteiger partial charge in [-0.1, -0.05) is 36.4 Å². The molecule has 0 aliphatic carbocycles. The molecule has 0 saturated carbocycles. The molecule has 7 heteroatoms. The fraction of sp³-hybridized carbons (Fsp3) is 0.0870. The van der Waals surface area contributed by atoms with Gasteiger partial charge in [0.05, 0.1) is 4.88 Å². The van der Waals surface area contributed by atoms with Crippen LogP contribution in [0.4, 0.5) is 5.69 Å². The third kappa shape index (κ3) is 5.00. The Balaban J connectivity index is 1.48. The van der Waals surface area contributed by atoms with Crippen molar-refractivity contribution < 1.29 is 9.59 Å². The van der Waals surface area contributed by atoms with Crippen LogP contribution in [0.1, 0.15) is 15.2 Å². The van der Waals surface area contributed by atoms with E-state index in [2.05, 4.69) is 15.6 Å². The number of thiazole rings is 1. The van der Waals surface area contributed by atoms with E-state index < -0.39 is 6.04 Å². The van der Waals surface area contributed by atoms with Crippen molar-refractivity contribution in [3.05, 3.63) is 94.1 Å². The molecule has 5 nitrogen and oxygen atoms in total. The zero-order chi connectivity index (χ0) is 20.8. The molecule has 2 aromatic carbocycles. The number of hydrogen-bond donors (Lipinski definition) is 2. The van der Waals surface area contributed by atoms with E-state index in [9.17, 15) is 9.59 Å². The molecule has 0 radical (unpaired) electrons. The van der Waals surface area contributed by atoms with Gasteiger partial charge in [0.2, 0.25) is 5.91 Å². The normalized spacial score (nSPS) is 11.6. The Kier molecular flexibility index (Phi) is 6.32. The molecule has 2 N–H and O–H groups in total. The van der Waals surface area contributed by atoms with Crippen LogP contribution >= 0.6 is 22.7 Å². The highest BCUT2D eigenvalue weighted by Crippen LogP contribution is 2.23. The summed E-state index contributed by atoms with van der Waals surface area (Å²) in [7, 11) is 0. The Hall–Kier alpha value is -3.29. The lowest BCUT2D eigenvalue weighted by Crippen LogP contribution is -2.45. The second-order valence-corrected chi connectivity index (χ2v) is 8.44. The summed E-state index contributed by atoms with van der Waals surface area (Å²) < 4.78 is 0. The molecule has 0 spiro atoms. The zero-order valence-corrected chi connectivity index (χ0v) is 17.6. The Bertz CT molecular complexity index is 1090. The number of rotatable bonds is 7. The molecule has 0 saturated heterocycles. The summed E-state index contributed by atoms with van der Waals surface area (Å²) in [5, 5.41) is 10.5. The summed E-state index contributed by atoms with van der Waals surface area (Å²) in [6.45, 7) is 0. The summed E-state index contributed by atoms with van der Waals surface area (Å²) >= 11 is 2.91. The Morgan fingerprint density at radius 2 is 1.70 bits per heavy atom. The van der Waals surface area contributed by atoms with Crippen LogP contribution in [-0.4, -0.2) is 22.8 Å². The SMILES string of the molecule is O=C(N[C@H](Cc1ccccc1)C(=O)Nc1ccc(-c2nccs2)cc1)c1cccs1. The molecule has 0 aliphatic rings. The van der Waals surface area contributed by atoms with E-state index >= 15 is 0 Å². The molecule has 4 rings (SSSR count). The van der Waals surface area contributed by atoms with Crippen LogP contribution in [-0.2, 0) is 11.2 Å². The van der Waals surface area contributed by atoms with Crippen molar-refractivity contribution in [3.63, 3.8) is 0 Å². The number of anilines is 1. The third-order valence-corrected chi connectivity index (χ3v) is 6.17. The number of carbonyl (C=O) groups excluding carboxylic acids is 2. The second kappa shape index (κ2) is 9.47. The molecule has 30 heavy (non-hydrogen) atoms. The van der Waals surface area contributed by atoms with Crippen LogP contribution < -0.4 is 10.6 Å². The molecule has 2 aromatic heterocycles. The molecule has 1 atom stereocenters. The summed E-state index contributed by atoms with van der Waals surface area (Å²) in [4.78, 5) is 30.4. The van der Waals surface area contributed by atoms with Crippen LogP contribution in [0.25, 0.3) is 10.6 Å². The first-order valence-corrected chi connectivity index (χ1v) is 11.1. The maximum atomic E-state index is 13.0. The topological polar surface area (TPSA) is 71.1 Å². The second-order valence-electron chi connectivity index (χ2n) is 6.60. The van der Waals surface area contributed by atoms with E-state index in [0.29, 0.717) is 17.0 Å². The van der Waals surface area contributed by atoms with Gasteiger partial charge in [0.1, 0.15) is 11.0 Å². The lowest BCUT2D eigenvalue weighted by atomic mass is 10.0. The van der Waals surface area contributed by atoms with Crippen molar-refractivity contribution >= 4 is 40.2 Å². The molecule has 0 fully saturated rings. The predicted molar refractivity (Wildman–Crippen MR) is 122 cm³/mol. The van der Waals surface area contributed by atoms with Crippen molar-refractivity contribution in [3.8, 4) is 10.6 Å². The molecule has 0 aliphatic heterocycles. The number of hydrogen-bond acceptors (Lipinski definition) is 5. The molecule has 2 heterocycles. The average molecular weight is 434 g/mol. The number of aromatic nitrogens is 1. The maximum Gasteiger partial charge on any atom is 0.262 e. The van der Waals surface area contributed by atoms with E-state index in [0.717, 1.165) is 16.1 Å². The third-order valence-electron chi connectivity index (χ3n) is 4.48. The summed E-state index contributed by atoms with van der Waals surface area (Å²) in [5.74, 6) is -0.508. The minimum absolute atomic E-state index is 0.250. The standard InChI is InChI=1S/C23H19N3O2S2/c27-21(25-18-10-8-17(9-11-18)23-24-12-14-30-23)19(15-16-5-2-1-3-6-16)26-22(28)20-7-4-13-29-20/h1-14,19H,15H2,(H,25,27)(H,26,28)/t19-/m1/s1.